The Labute approximate surface area is 68.6 Å². The van der Waals surface area contributed by atoms with Crippen LogP contribution >= 0.6 is 0 Å². The Morgan fingerprint density at radius 3 is 2.27 bits per heavy atom. The van der Waals surface area contributed by atoms with Crippen LogP contribution in [0.1, 0.15) is 25.7 Å². The molecule has 0 spiro atoms. The smallest absolute Gasteiger partial charge is 0.000549 e. The maximum Gasteiger partial charge on any atom is -0.000549 e. The Hall–Kier alpha value is -0.0400. The van der Waals surface area contributed by atoms with Gasteiger partial charge >= 0.3 is 0 Å². The summed E-state index contributed by atoms with van der Waals surface area (Å²) in [6, 6.07) is 0. The molecule has 1 aliphatic heterocycles. The van der Waals surface area contributed by atoms with Crippen LogP contribution in [0.5, 0.6) is 0 Å². The number of nitrogens with one attached hydrogen (secondary N) is 1. The number of rotatable bonds is 1. The average Bonchev–Trinajstić information content (AvgIpc) is 2.42. The fraction of sp³-hybridized carbons (Fsp3) is 1.00. The van der Waals surface area contributed by atoms with Crippen molar-refractivity contribution in [1.29, 1.82) is 0 Å². The second-order valence-corrected chi connectivity index (χ2v) is 4.76. The van der Waals surface area contributed by atoms with E-state index in [1.807, 2.05) is 0 Å². The third-order valence-electron chi connectivity index (χ3n) is 4.21. The minimum absolute atomic E-state index is 1.07. The van der Waals surface area contributed by atoms with E-state index in [0.717, 1.165) is 23.7 Å². The van der Waals surface area contributed by atoms with Gasteiger partial charge in [0.1, 0.15) is 0 Å². The molecule has 2 saturated carbocycles. The molecule has 3 rings (SSSR count). The van der Waals surface area contributed by atoms with E-state index in [-0.39, 0.29) is 0 Å². The average molecular weight is 151 g/mol. The maximum atomic E-state index is 3.40. The third kappa shape index (κ3) is 0.868. The fourth-order valence-electron chi connectivity index (χ4n) is 3.49. The molecule has 1 saturated heterocycles. The van der Waals surface area contributed by atoms with Gasteiger partial charge in [-0.3, -0.25) is 0 Å². The molecule has 0 aromatic rings. The fourth-order valence-corrected chi connectivity index (χ4v) is 3.49. The highest BCUT2D eigenvalue weighted by molar-refractivity contribution is 4.96. The number of fused-ring (bicyclic) bond motifs is 2. The van der Waals surface area contributed by atoms with Crippen molar-refractivity contribution in [2.45, 2.75) is 25.7 Å². The topological polar surface area (TPSA) is 12.0 Å². The van der Waals surface area contributed by atoms with Crippen LogP contribution in [0.25, 0.3) is 0 Å². The summed E-state index contributed by atoms with van der Waals surface area (Å²) in [6.07, 6.45) is 6.28. The van der Waals surface area contributed by atoms with E-state index in [9.17, 15) is 0 Å². The SMILES string of the molecule is C1CC2CC1CC2C1CNC1. The Morgan fingerprint density at radius 1 is 0.909 bits per heavy atom. The molecule has 1 heteroatoms. The van der Waals surface area contributed by atoms with Crippen LogP contribution in [0.4, 0.5) is 0 Å². The summed E-state index contributed by atoms with van der Waals surface area (Å²) < 4.78 is 0. The zero-order valence-corrected chi connectivity index (χ0v) is 7.05. The predicted molar refractivity (Wildman–Crippen MR) is 45.3 cm³/mol. The first-order valence-corrected chi connectivity index (χ1v) is 5.14. The van der Waals surface area contributed by atoms with Crippen molar-refractivity contribution < 1.29 is 0 Å². The van der Waals surface area contributed by atoms with Gasteiger partial charge in [0, 0.05) is 0 Å². The Balaban J connectivity index is 1.70. The highest BCUT2D eigenvalue weighted by atomic mass is 15.0. The number of hydrogen-bond acceptors (Lipinski definition) is 1. The highest BCUT2D eigenvalue weighted by Crippen LogP contribution is 2.51. The van der Waals surface area contributed by atoms with E-state index in [1.54, 1.807) is 25.7 Å². The van der Waals surface area contributed by atoms with Gasteiger partial charge in [0.05, 0.1) is 0 Å². The minimum Gasteiger partial charge on any atom is -0.316 e. The first-order valence-electron chi connectivity index (χ1n) is 5.14. The van der Waals surface area contributed by atoms with Crippen LogP contribution in [0, 0.1) is 23.7 Å². The van der Waals surface area contributed by atoms with Crippen LogP contribution < -0.4 is 5.32 Å². The molecule has 3 aliphatic rings. The summed E-state index contributed by atoms with van der Waals surface area (Å²) in [4.78, 5) is 0. The summed E-state index contributed by atoms with van der Waals surface area (Å²) in [6.45, 7) is 2.65. The summed E-state index contributed by atoms with van der Waals surface area (Å²) in [5.41, 5.74) is 0. The highest BCUT2D eigenvalue weighted by Gasteiger charge is 2.44. The van der Waals surface area contributed by atoms with Crippen molar-refractivity contribution >= 4 is 0 Å². The lowest BCUT2D eigenvalue weighted by molar-refractivity contribution is 0.168. The van der Waals surface area contributed by atoms with E-state index in [2.05, 4.69) is 5.32 Å². The molecular weight excluding hydrogens is 134 g/mol. The Kier molecular flexibility index (Phi) is 1.31. The van der Waals surface area contributed by atoms with Crippen molar-refractivity contribution in [3.8, 4) is 0 Å². The molecular formula is C10H17N. The zero-order chi connectivity index (χ0) is 7.26. The first-order chi connectivity index (χ1) is 5.43. The van der Waals surface area contributed by atoms with Crippen LogP contribution in [0.3, 0.4) is 0 Å². The van der Waals surface area contributed by atoms with Crippen molar-refractivity contribution in [3.63, 3.8) is 0 Å². The summed E-state index contributed by atoms with van der Waals surface area (Å²) in [7, 11) is 0. The molecule has 3 atom stereocenters. The Bertz CT molecular complexity index is 162. The lowest BCUT2D eigenvalue weighted by Gasteiger charge is -2.37. The van der Waals surface area contributed by atoms with Gasteiger partial charge in [0.2, 0.25) is 0 Å². The van der Waals surface area contributed by atoms with Crippen LogP contribution in [-0.4, -0.2) is 13.1 Å². The second-order valence-electron chi connectivity index (χ2n) is 4.76. The molecule has 11 heavy (non-hydrogen) atoms. The summed E-state index contributed by atoms with van der Waals surface area (Å²) in [5.74, 6) is 4.50. The molecule has 1 heterocycles. The molecule has 2 aliphatic carbocycles. The van der Waals surface area contributed by atoms with Crippen molar-refractivity contribution in [2.75, 3.05) is 13.1 Å². The molecule has 1 N–H and O–H groups in total. The Morgan fingerprint density at radius 2 is 1.82 bits per heavy atom. The van der Waals surface area contributed by atoms with E-state index in [1.165, 1.54) is 13.1 Å². The standard InChI is InChI=1S/C10H17N/c1-2-8-3-7(1)4-10(8)9-5-11-6-9/h7-11H,1-6H2. The van der Waals surface area contributed by atoms with Crippen molar-refractivity contribution in [1.82, 2.24) is 5.32 Å². The van der Waals surface area contributed by atoms with Gasteiger partial charge < -0.3 is 5.32 Å². The van der Waals surface area contributed by atoms with E-state index in [4.69, 9.17) is 0 Å². The molecule has 0 radical (unpaired) electrons. The monoisotopic (exact) mass is 151 g/mol. The van der Waals surface area contributed by atoms with Gasteiger partial charge in [0.15, 0.2) is 0 Å². The molecule has 0 aromatic carbocycles. The minimum atomic E-state index is 1.07. The molecule has 1 nitrogen and oxygen atoms in total. The van der Waals surface area contributed by atoms with Gasteiger partial charge in [0.25, 0.3) is 0 Å². The lowest BCUT2D eigenvalue weighted by atomic mass is 9.77. The van der Waals surface area contributed by atoms with Gasteiger partial charge in [-0.25, -0.2) is 0 Å². The summed E-state index contributed by atoms with van der Waals surface area (Å²) in [5, 5.41) is 3.40. The van der Waals surface area contributed by atoms with Gasteiger partial charge in [-0.1, -0.05) is 6.42 Å². The van der Waals surface area contributed by atoms with E-state index < -0.39 is 0 Å². The van der Waals surface area contributed by atoms with Crippen molar-refractivity contribution in [2.24, 2.45) is 23.7 Å². The lowest BCUT2D eigenvalue weighted by Crippen LogP contribution is -2.47. The van der Waals surface area contributed by atoms with Crippen molar-refractivity contribution in [3.05, 3.63) is 0 Å². The van der Waals surface area contributed by atoms with Gasteiger partial charge in [-0.2, -0.15) is 0 Å². The second kappa shape index (κ2) is 2.22. The van der Waals surface area contributed by atoms with Crippen LogP contribution in [-0.2, 0) is 0 Å². The maximum absolute atomic E-state index is 3.40. The first kappa shape index (κ1) is 6.47. The molecule has 0 amide bonds. The van der Waals surface area contributed by atoms with Gasteiger partial charge in [-0.05, 0) is 56.0 Å². The normalized spacial score (nSPS) is 49.6. The molecule has 2 bridgehead atoms. The largest absolute Gasteiger partial charge is 0.316 e. The van der Waals surface area contributed by atoms with Crippen LogP contribution in [0.2, 0.25) is 0 Å². The van der Waals surface area contributed by atoms with E-state index >= 15 is 0 Å². The quantitative estimate of drug-likeness (QED) is 0.601. The van der Waals surface area contributed by atoms with Gasteiger partial charge in [-0.15, -0.1) is 0 Å². The predicted octanol–water partition coefficient (Wildman–Crippen LogP) is 1.64. The number of hydrogen-bond donors (Lipinski definition) is 1. The molecule has 3 unspecified atom stereocenters. The summed E-state index contributed by atoms with van der Waals surface area (Å²) >= 11 is 0. The molecule has 3 fully saturated rings. The molecule has 0 aromatic heterocycles. The molecule has 62 valence electrons. The van der Waals surface area contributed by atoms with E-state index in [0.29, 0.717) is 0 Å². The zero-order valence-electron chi connectivity index (χ0n) is 7.05. The van der Waals surface area contributed by atoms with Crippen LogP contribution in [0.15, 0.2) is 0 Å². The third-order valence-corrected chi connectivity index (χ3v) is 4.21.